The Morgan fingerprint density at radius 3 is 1.97 bits per heavy atom. The Morgan fingerprint density at radius 1 is 0.625 bits per heavy atom. The summed E-state index contributed by atoms with van der Waals surface area (Å²) >= 11 is 11.3. The molecule has 0 fully saturated rings. The first-order valence-corrected chi connectivity index (χ1v) is 11.0. The van der Waals surface area contributed by atoms with E-state index in [0.29, 0.717) is 19.8 Å². The zero-order valence-corrected chi connectivity index (χ0v) is 18.9. The Hall–Kier alpha value is -3.14. The molecule has 0 N–H and O–H groups in total. The van der Waals surface area contributed by atoms with Gasteiger partial charge in [-0.15, -0.1) is 0 Å². The van der Waals surface area contributed by atoms with Crippen molar-refractivity contribution in [2.45, 2.75) is 13.2 Å². The first-order valence-electron chi connectivity index (χ1n) is 10.2. The second kappa shape index (κ2) is 10.9. The predicted molar refractivity (Wildman–Crippen MR) is 131 cm³/mol. The largest absolute Gasteiger partial charge is 0.489 e. The number of hydrogen-bond acceptors (Lipinski definition) is 3. The molecule has 0 spiro atoms. The minimum atomic E-state index is 0.184. The molecule has 0 amide bonds. The van der Waals surface area contributed by atoms with Crippen LogP contribution in [0.2, 0.25) is 0 Å². The van der Waals surface area contributed by atoms with Gasteiger partial charge in [-0.2, -0.15) is 0 Å². The Morgan fingerprint density at radius 2 is 1.25 bits per heavy atom. The Balaban J connectivity index is 1.44. The van der Waals surface area contributed by atoms with Crippen molar-refractivity contribution in [1.82, 2.24) is 0 Å². The van der Waals surface area contributed by atoms with E-state index in [1.165, 1.54) is 0 Å². The molecule has 4 rings (SSSR count). The normalized spacial score (nSPS) is 10.6. The summed E-state index contributed by atoms with van der Waals surface area (Å²) in [4.78, 5) is 0. The van der Waals surface area contributed by atoms with Crippen LogP contribution in [0, 0.1) is 0 Å². The fourth-order valence-corrected chi connectivity index (χ4v) is 3.45. The van der Waals surface area contributed by atoms with E-state index in [-0.39, 0.29) is 4.49 Å². The van der Waals surface area contributed by atoms with Gasteiger partial charge < -0.3 is 14.2 Å². The van der Waals surface area contributed by atoms with Crippen LogP contribution in [0.3, 0.4) is 0 Å². The lowest BCUT2D eigenvalue weighted by Gasteiger charge is -2.13. The lowest BCUT2D eigenvalue weighted by molar-refractivity contribution is 0.297. The first-order chi connectivity index (χ1) is 15.7. The average molecular weight is 465 g/mol. The van der Waals surface area contributed by atoms with Gasteiger partial charge in [0.05, 0.1) is 0 Å². The highest BCUT2D eigenvalue weighted by atomic mass is 35.5. The lowest BCUT2D eigenvalue weighted by atomic mass is 10.1. The van der Waals surface area contributed by atoms with Gasteiger partial charge in [-0.3, -0.25) is 0 Å². The maximum absolute atomic E-state index is 6.16. The quantitative estimate of drug-likeness (QED) is 0.254. The molecule has 32 heavy (non-hydrogen) atoms. The first kappa shape index (κ1) is 22.1. The molecule has 5 heteroatoms. The molecule has 4 aromatic carbocycles. The number of ether oxygens (including phenoxy) is 3. The molecular weight excluding hydrogens is 443 g/mol. The van der Waals surface area contributed by atoms with E-state index < -0.39 is 0 Å². The highest BCUT2D eigenvalue weighted by Crippen LogP contribution is 2.33. The molecule has 0 aliphatic rings. The molecule has 0 bridgehead atoms. The van der Waals surface area contributed by atoms with Crippen molar-refractivity contribution in [3.05, 3.63) is 113 Å². The maximum atomic E-state index is 6.16. The summed E-state index contributed by atoms with van der Waals surface area (Å²) in [6.07, 6.45) is 1.61. The number of rotatable bonds is 9. The van der Waals surface area contributed by atoms with E-state index in [1.54, 1.807) is 6.08 Å². The van der Waals surface area contributed by atoms with Gasteiger partial charge in [0.1, 0.15) is 41.6 Å². The molecule has 0 radical (unpaired) electrons. The van der Waals surface area contributed by atoms with Crippen LogP contribution in [-0.4, -0.2) is 6.61 Å². The van der Waals surface area contributed by atoms with Crippen LogP contribution < -0.4 is 14.2 Å². The van der Waals surface area contributed by atoms with E-state index in [0.717, 1.165) is 39.1 Å². The molecule has 0 aliphatic heterocycles. The van der Waals surface area contributed by atoms with Crippen molar-refractivity contribution in [2.24, 2.45) is 0 Å². The van der Waals surface area contributed by atoms with Crippen LogP contribution in [0.15, 0.2) is 102 Å². The zero-order chi connectivity index (χ0) is 22.2. The second-order valence-electron chi connectivity index (χ2n) is 7.12. The van der Waals surface area contributed by atoms with Gasteiger partial charge in [0, 0.05) is 10.8 Å². The van der Waals surface area contributed by atoms with Gasteiger partial charge in [0.25, 0.3) is 0 Å². The summed E-state index contributed by atoms with van der Waals surface area (Å²) in [5, 5.41) is 1.94. The number of benzene rings is 4. The van der Waals surface area contributed by atoms with Crippen LogP contribution in [-0.2, 0) is 13.2 Å². The van der Waals surface area contributed by atoms with E-state index in [9.17, 15) is 0 Å². The number of hydrogen-bond donors (Lipinski definition) is 0. The summed E-state index contributed by atoms with van der Waals surface area (Å²) in [6.45, 7) is 1.25. The highest BCUT2D eigenvalue weighted by Gasteiger charge is 2.08. The molecule has 0 saturated heterocycles. The molecule has 0 unspecified atom stereocenters. The van der Waals surface area contributed by atoms with Crippen LogP contribution >= 0.6 is 23.2 Å². The minimum absolute atomic E-state index is 0.184. The molecule has 0 atom stereocenters. The molecule has 0 aromatic heterocycles. The molecular formula is C27H22Cl2O3. The summed E-state index contributed by atoms with van der Waals surface area (Å²) in [7, 11) is 0. The van der Waals surface area contributed by atoms with Crippen LogP contribution in [0.4, 0.5) is 0 Å². The highest BCUT2D eigenvalue weighted by molar-refractivity contribution is 6.55. The molecule has 0 heterocycles. The van der Waals surface area contributed by atoms with Crippen molar-refractivity contribution in [1.29, 1.82) is 0 Å². The fraction of sp³-hybridized carbons (Fsp3) is 0.111. The summed E-state index contributed by atoms with van der Waals surface area (Å²) in [6, 6.07) is 29.8. The van der Waals surface area contributed by atoms with Crippen molar-refractivity contribution >= 4 is 34.0 Å². The monoisotopic (exact) mass is 464 g/mol. The van der Waals surface area contributed by atoms with Crippen molar-refractivity contribution < 1.29 is 14.2 Å². The van der Waals surface area contributed by atoms with Crippen molar-refractivity contribution in [2.75, 3.05) is 6.61 Å². The molecule has 4 aromatic rings. The summed E-state index contributed by atoms with van der Waals surface area (Å²) in [5.74, 6) is 2.35. The van der Waals surface area contributed by atoms with E-state index in [4.69, 9.17) is 37.4 Å². The summed E-state index contributed by atoms with van der Waals surface area (Å²) in [5.41, 5.74) is 2.16. The number of halogens is 2. The van der Waals surface area contributed by atoms with Crippen molar-refractivity contribution in [3.63, 3.8) is 0 Å². The SMILES string of the molecule is ClC(Cl)=CCOc1cccc2c(OCc3cccc(OCc4ccccc4)c3)cccc12. The average Bonchev–Trinajstić information content (AvgIpc) is 2.82. The summed E-state index contributed by atoms with van der Waals surface area (Å²) < 4.78 is 18.1. The standard InChI is InChI=1S/C27H22Cl2O3/c28-27(29)15-16-30-25-13-5-12-24-23(25)11-6-14-26(24)32-19-21-9-4-10-22(17-21)31-18-20-7-2-1-3-8-20/h1-15,17H,16,18-19H2. The smallest absolute Gasteiger partial charge is 0.127 e. The topological polar surface area (TPSA) is 27.7 Å². The van der Waals surface area contributed by atoms with Gasteiger partial charge in [0.2, 0.25) is 0 Å². The van der Waals surface area contributed by atoms with E-state index in [1.807, 2.05) is 91.0 Å². The van der Waals surface area contributed by atoms with Crippen LogP contribution in [0.25, 0.3) is 10.8 Å². The number of fused-ring (bicyclic) bond motifs is 1. The third-order valence-electron chi connectivity index (χ3n) is 4.86. The lowest BCUT2D eigenvalue weighted by Crippen LogP contribution is -1.99. The molecule has 3 nitrogen and oxygen atoms in total. The van der Waals surface area contributed by atoms with Crippen LogP contribution in [0.5, 0.6) is 17.2 Å². The van der Waals surface area contributed by atoms with Crippen molar-refractivity contribution in [3.8, 4) is 17.2 Å². The molecule has 0 aliphatic carbocycles. The molecule has 162 valence electrons. The minimum Gasteiger partial charge on any atom is -0.489 e. The zero-order valence-electron chi connectivity index (χ0n) is 17.3. The molecule has 0 saturated carbocycles. The van der Waals surface area contributed by atoms with Crippen LogP contribution in [0.1, 0.15) is 11.1 Å². The third kappa shape index (κ3) is 5.97. The Kier molecular flexibility index (Phi) is 7.55. The van der Waals surface area contributed by atoms with Gasteiger partial charge >= 0.3 is 0 Å². The Bertz CT molecular complexity index is 1200. The van der Waals surface area contributed by atoms with Gasteiger partial charge in [-0.05, 0) is 41.5 Å². The third-order valence-corrected chi connectivity index (χ3v) is 5.17. The van der Waals surface area contributed by atoms with E-state index in [2.05, 4.69) is 0 Å². The predicted octanol–water partition coefficient (Wildman–Crippen LogP) is 7.70. The fourth-order valence-electron chi connectivity index (χ4n) is 3.33. The van der Waals surface area contributed by atoms with Gasteiger partial charge in [0.15, 0.2) is 0 Å². The maximum Gasteiger partial charge on any atom is 0.127 e. The van der Waals surface area contributed by atoms with Gasteiger partial charge in [-0.1, -0.05) is 89.9 Å². The second-order valence-corrected chi connectivity index (χ2v) is 8.13. The van der Waals surface area contributed by atoms with Gasteiger partial charge in [-0.25, -0.2) is 0 Å². The Labute approximate surface area is 197 Å². The van der Waals surface area contributed by atoms with E-state index >= 15 is 0 Å².